The maximum absolute atomic E-state index is 12.4. The van der Waals surface area contributed by atoms with Crippen LogP contribution in [0.25, 0.3) is 0 Å². The van der Waals surface area contributed by atoms with Gasteiger partial charge in [0, 0.05) is 16.5 Å². The van der Waals surface area contributed by atoms with E-state index in [9.17, 15) is 14.7 Å². The molecule has 0 bridgehead atoms. The van der Waals surface area contributed by atoms with Crippen LogP contribution in [0.1, 0.15) is 87.9 Å². The number of halogens is 2. The molecule has 0 aliphatic rings. The van der Waals surface area contributed by atoms with Crippen LogP contribution in [0.15, 0.2) is 48.5 Å². The smallest absolute Gasteiger partial charge is 0.338 e. The fourth-order valence-corrected chi connectivity index (χ4v) is 4.06. The van der Waals surface area contributed by atoms with Gasteiger partial charge in [-0.25, -0.2) is 9.59 Å². The van der Waals surface area contributed by atoms with Gasteiger partial charge < -0.3 is 19.7 Å². The van der Waals surface area contributed by atoms with Crippen molar-refractivity contribution in [3.63, 3.8) is 0 Å². The number of esters is 2. The van der Waals surface area contributed by atoms with Crippen molar-refractivity contribution in [3.05, 3.63) is 69.7 Å². The Kier molecular flexibility index (Phi) is 15.6. The fraction of sp³-hybridized carbons (Fsp3) is 0.533. The van der Waals surface area contributed by atoms with Crippen LogP contribution in [0.5, 0.6) is 0 Å². The Morgan fingerprint density at radius 1 is 0.658 bits per heavy atom. The van der Waals surface area contributed by atoms with Crippen molar-refractivity contribution in [1.29, 1.82) is 0 Å². The summed E-state index contributed by atoms with van der Waals surface area (Å²) in [7, 11) is 0. The minimum absolute atomic E-state index is 0.321. The van der Waals surface area contributed by atoms with Crippen LogP contribution in [-0.4, -0.2) is 46.6 Å². The quantitative estimate of drug-likeness (QED) is 0.260. The Morgan fingerprint density at radius 3 is 1.47 bits per heavy atom. The van der Waals surface area contributed by atoms with Gasteiger partial charge in [-0.2, -0.15) is 0 Å². The molecule has 0 radical (unpaired) electrons. The Bertz CT molecular complexity index is 948. The number of carbonyl (C=O) groups is 2. The van der Waals surface area contributed by atoms with Gasteiger partial charge in [-0.3, -0.25) is 0 Å². The van der Waals surface area contributed by atoms with Crippen molar-refractivity contribution in [1.82, 2.24) is 0 Å². The molecule has 2 rings (SSSR count). The number of ether oxygens (including phenoxy) is 2. The van der Waals surface area contributed by atoms with Crippen LogP contribution in [-0.2, 0) is 9.47 Å². The van der Waals surface area contributed by atoms with E-state index in [4.69, 9.17) is 37.8 Å². The topological polar surface area (TPSA) is 93.1 Å². The molecule has 0 aliphatic heterocycles. The molecule has 0 spiro atoms. The third-order valence-electron chi connectivity index (χ3n) is 5.43. The molecule has 0 heterocycles. The molecule has 38 heavy (non-hydrogen) atoms. The second kappa shape index (κ2) is 17.5. The maximum Gasteiger partial charge on any atom is 0.338 e. The van der Waals surface area contributed by atoms with Gasteiger partial charge in [-0.05, 0) is 93.5 Å². The Balaban J connectivity index is 0.000000612. The molecule has 0 saturated carbocycles. The lowest BCUT2D eigenvalue weighted by atomic mass is 10.0. The molecule has 0 saturated heterocycles. The number of hydrogen-bond donors (Lipinski definition) is 2. The van der Waals surface area contributed by atoms with Crippen LogP contribution < -0.4 is 0 Å². The average molecular weight is 570 g/mol. The summed E-state index contributed by atoms with van der Waals surface area (Å²) >= 11 is 11.7. The van der Waals surface area contributed by atoms with E-state index in [0.29, 0.717) is 52.3 Å². The summed E-state index contributed by atoms with van der Waals surface area (Å²) < 4.78 is 11.2. The predicted molar refractivity (Wildman–Crippen MR) is 153 cm³/mol. The fourth-order valence-electron chi connectivity index (χ4n) is 3.81. The van der Waals surface area contributed by atoms with Gasteiger partial charge >= 0.3 is 11.9 Å². The van der Waals surface area contributed by atoms with Gasteiger partial charge in [0.2, 0.25) is 0 Å². The summed E-state index contributed by atoms with van der Waals surface area (Å²) in [5.74, 6) is -0.0222. The lowest BCUT2D eigenvalue weighted by Gasteiger charge is -2.23. The largest absolute Gasteiger partial charge is 0.459 e. The molecular formula is C30H42Cl2O6. The van der Waals surface area contributed by atoms with Crippen molar-refractivity contribution in [3.8, 4) is 0 Å². The second-order valence-corrected chi connectivity index (χ2v) is 11.4. The molecule has 6 nitrogen and oxygen atoms in total. The van der Waals surface area contributed by atoms with Crippen molar-refractivity contribution in [2.24, 2.45) is 11.8 Å². The second-order valence-electron chi connectivity index (χ2n) is 10.5. The van der Waals surface area contributed by atoms with E-state index < -0.39 is 18.0 Å². The first-order valence-electron chi connectivity index (χ1n) is 13.1. The zero-order valence-corrected chi connectivity index (χ0v) is 24.7. The SMILES string of the molecule is CC(C)CC(CC(C)OC(=O)c1ccc(Cl)cc1)OC(=O)c1ccc(Cl)cc1.CC(C)CC(O)CC(C)O. The summed E-state index contributed by atoms with van der Waals surface area (Å²) in [6, 6.07) is 13.0. The molecule has 2 aromatic rings. The Morgan fingerprint density at radius 2 is 1.08 bits per heavy atom. The van der Waals surface area contributed by atoms with Crippen molar-refractivity contribution in [2.75, 3.05) is 0 Å². The van der Waals surface area contributed by atoms with Crippen LogP contribution in [0, 0.1) is 11.8 Å². The number of aliphatic hydroxyl groups is 2. The van der Waals surface area contributed by atoms with Gasteiger partial charge in [-0.1, -0.05) is 50.9 Å². The van der Waals surface area contributed by atoms with E-state index in [2.05, 4.69) is 13.8 Å². The number of carbonyl (C=O) groups excluding carboxylic acids is 2. The highest BCUT2D eigenvalue weighted by atomic mass is 35.5. The zero-order chi connectivity index (χ0) is 28.8. The van der Waals surface area contributed by atoms with Crippen molar-refractivity contribution >= 4 is 35.1 Å². The third kappa shape index (κ3) is 14.7. The predicted octanol–water partition coefficient (Wildman–Crippen LogP) is 7.36. The molecule has 2 aromatic carbocycles. The Hall–Kier alpha value is -2.12. The van der Waals surface area contributed by atoms with Gasteiger partial charge in [0.15, 0.2) is 0 Å². The maximum atomic E-state index is 12.4. The van der Waals surface area contributed by atoms with Crippen LogP contribution in [0.3, 0.4) is 0 Å². The van der Waals surface area contributed by atoms with E-state index in [1.54, 1.807) is 62.4 Å². The van der Waals surface area contributed by atoms with Crippen molar-refractivity contribution < 1.29 is 29.3 Å². The lowest BCUT2D eigenvalue weighted by molar-refractivity contribution is -0.000901. The molecule has 8 heteroatoms. The number of aliphatic hydroxyl groups excluding tert-OH is 2. The monoisotopic (exact) mass is 568 g/mol. The van der Waals surface area contributed by atoms with Gasteiger partial charge in [0.1, 0.15) is 12.2 Å². The van der Waals surface area contributed by atoms with Crippen LogP contribution >= 0.6 is 23.2 Å². The standard InChI is InChI=1S/C22H24Cl2O4.C8H18O2/c1-14(2)12-20(28-22(26)17-6-10-19(24)11-7-17)13-15(3)27-21(25)16-4-8-18(23)9-5-16;1-6(2)4-8(10)5-7(3)9/h4-11,14-15,20H,12-13H2,1-3H3;6-10H,4-5H2,1-3H3. The van der Waals surface area contributed by atoms with Gasteiger partial charge in [0.25, 0.3) is 0 Å². The van der Waals surface area contributed by atoms with E-state index in [1.165, 1.54) is 0 Å². The minimum atomic E-state index is -0.434. The molecule has 0 aromatic heterocycles. The number of benzene rings is 2. The van der Waals surface area contributed by atoms with Gasteiger partial charge in [-0.15, -0.1) is 0 Å². The summed E-state index contributed by atoms with van der Waals surface area (Å²) in [4.78, 5) is 24.7. The molecule has 212 valence electrons. The summed E-state index contributed by atoms with van der Waals surface area (Å²) in [5.41, 5.74) is 0.860. The van der Waals surface area contributed by atoms with E-state index in [-0.39, 0.29) is 18.3 Å². The molecule has 0 amide bonds. The van der Waals surface area contributed by atoms with E-state index in [1.807, 2.05) is 13.8 Å². The highest BCUT2D eigenvalue weighted by molar-refractivity contribution is 6.31. The number of hydrogen-bond acceptors (Lipinski definition) is 6. The summed E-state index contributed by atoms with van der Waals surface area (Å²) in [5, 5.41) is 19.2. The highest BCUT2D eigenvalue weighted by Gasteiger charge is 2.22. The first-order valence-corrected chi connectivity index (χ1v) is 13.8. The normalized spacial score (nSPS) is 14.2. The molecule has 4 atom stereocenters. The van der Waals surface area contributed by atoms with E-state index >= 15 is 0 Å². The molecule has 0 aliphatic carbocycles. The average Bonchev–Trinajstić information content (AvgIpc) is 2.78. The summed E-state index contributed by atoms with van der Waals surface area (Å²) in [6.45, 7) is 11.7. The molecule has 0 fully saturated rings. The molecule has 4 unspecified atom stereocenters. The summed E-state index contributed by atoms with van der Waals surface area (Å²) in [6.07, 6.45) is 0.872. The molecule has 2 N–H and O–H groups in total. The minimum Gasteiger partial charge on any atom is -0.459 e. The van der Waals surface area contributed by atoms with Gasteiger partial charge in [0.05, 0.1) is 23.3 Å². The van der Waals surface area contributed by atoms with E-state index in [0.717, 1.165) is 6.42 Å². The first kappa shape index (κ1) is 33.9. The molecular weight excluding hydrogens is 527 g/mol. The Labute approximate surface area is 237 Å². The van der Waals surface area contributed by atoms with Crippen LogP contribution in [0.4, 0.5) is 0 Å². The number of rotatable bonds is 12. The first-order chi connectivity index (χ1) is 17.8. The highest BCUT2D eigenvalue weighted by Crippen LogP contribution is 2.20. The van der Waals surface area contributed by atoms with Crippen molar-refractivity contribution in [2.45, 2.75) is 91.6 Å². The lowest BCUT2D eigenvalue weighted by Crippen LogP contribution is -2.27. The third-order valence-corrected chi connectivity index (χ3v) is 5.93. The zero-order valence-electron chi connectivity index (χ0n) is 23.2. The van der Waals surface area contributed by atoms with Crippen LogP contribution in [0.2, 0.25) is 10.0 Å².